The van der Waals surface area contributed by atoms with Gasteiger partial charge in [-0.1, -0.05) is 6.92 Å². The molecule has 0 unspecified atom stereocenters. The maximum atomic E-state index is 9.81. The van der Waals surface area contributed by atoms with Crippen molar-refractivity contribution < 1.29 is 5.11 Å². The summed E-state index contributed by atoms with van der Waals surface area (Å²) in [6.45, 7) is 5.77. The lowest BCUT2D eigenvalue weighted by Gasteiger charge is -2.10. The van der Waals surface area contributed by atoms with E-state index in [1.54, 1.807) is 0 Å². The van der Waals surface area contributed by atoms with Crippen molar-refractivity contribution in [1.29, 1.82) is 0 Å². The summed E-state index contributed by atoms with van der Waals surface area (Å²) in [7, 11) is 0. The van der Waals surface area contributed by atoms with E-state index in [0.717, 1.165) is 32.4 Å². The first-order chi connectivity index (χ1) is 8.93. The molecule has 2 aromatic rings. The normalized spacial score (nSPS) is 10.7. The Balaban J connectivity index is 2.62. The standard InChI is InChI=1S/C14H16IN3O/c1-4-10-11(15)13(16)18-14(17-10)9-5-7(2)12(19)8(3)6-9/h5-6,19H,4H2,1-3H3,(H2,16,17,18). The molecule has 0 saturated carbocycles. The van der Waals surface area contributed by atoms with Gasteiger partial charge in [0.15, 0.2) is 5.82 Å². The molecule has 0 spiro atoms. The van der Waals surface area contributed by atoms with Crippen LogP contribution in [-0.4, -0.2) is 15.1 Å². The van der Waals surface area contributed by atoms with Gasteiger partial charge in [0.1, 0.15) is 11.6 Å². The largest absolute Gasteiger partial charge is 0.507 e. The maximum Gasteiger partial charge on any atom is 0.161 e. The Morgan fingerprint density at radius 1 is 1.21 bits per heavy atom. The van der Waals surface area contributed by atoms with Crippen molar-refractivity contribution in [3.63, 3.8) is 0 Å². The summed E-state index contributed by atoms with van der Waals surface area (Å²) in [5, 5.41) is 9.81. The first-order valence-electron chi connectivity index (χ1n) is 6.06. The van der Waals surface area contributed by atoms with Gasteiger partial charge in [-0.15, -0.1) is 0 Å². The van der Waals surface area contributed by atoms with Gasteiger partial charge in [-0.2, -0.15) is 0 Å². The Morgan fingerprint density at radius 3 is 2.32 bits per heavy atom. The highest BCUT2D eigenvalue weighted by atomic mass is 127. The van der Waals surface area contributed by atoms with Gasteiger partial charge in [-0.3, -0.25) is 0 Å². The van der Waals surface area contributed by atoms with E-state index in [9.17, 15) is 5.11 Å². The van der Waals surface area contributed by atoms with E-state index in [-0.39, 0.29) is 0 Å². The van der Waals surface area contributed by atoms with Crippen LogP contribution in [-0.2, 0) is 6.42 Å². The van der Waals surface area contributed by atoms with E-state index in [2.05, 4.69) is 32.6 Å². The van der Waals surface area contributed by atoms with E-state index in [1.807, 2.05) is 32.9 Å². The number of nitrogen functional groups attached to an aromatic ring is 1. The summed E-state index contributed by atoms with van der Waals surface area (Å²) in [6, 6.07) is 3.76. The predicted octanol–water partition coefficient (Wildman–Crippen LogP) is 3.22. The molecule has 4 nitrogen and oxygen atoms in total. The molecule has 0 aliphatic carbocycles. The number of halogens is 1. The van der Waals surface area contributed by atoms with Crippen molar-refractivity contribution in [2.75, 3.05) is 5.73 Å². The number of nitrogens with two attached hydrogens (primary N) is 1. The van der Waals surface area contributed by atoms with Gasteiger partial charge in [0.05, 0.1) is 9.26 Å². The topological polar surface area (TPSA) is 72.0 Å². The molecule has 0 radical (unpaired) electrons. The molecule has 2 rings (SSSR count). The van der Waals surface area contributed by atoms with Crippen molar-refractivity contribution in [1.82, 2.24) is 9.97 Å². The molecule has 3 N–H and O–H groups in total. The zero-order valence-electron chi connectivity index (χ0n) is 11.2. The maximum absolute atomic E-state index is 9.81. The third kappa shape index (κ3) is 2.65. The first-order valence-corrected chi connectivity index (χ1v) is 7.14. The summed E-state index contributed by atoms with van der Waals surface area (Å²) in [5.41, 5.74) is 9.39. The first kappa shape index (κ1) is 14.0. The summed E-state index contributed by atoms with van der Waals surface area (Å²) in [4.78, 5) is 8.89. The monoisotopic (exact) mass is 369 g/mol. The van der Waals surface area contributed by atoms with Gasteiger partial charge in [-0.05, 0) is 66.1 Å². The minimum atomic E-state index is 0.318. The number of nitrogens with zero attached hydrogens (tertiary/aromatic N) is 2. The van der Waals surface area contributed by atoms with Gasteiger partial charge in [0, 0.05) is 5.56 Å². The number of aromatic nitrogens is 2. The third-order valence-corrected chi connectivity index (χ3v) is 4.20. The Hall–Kier alpha value is -1.37. The average molecular weight is 369 g/mol. The van der Waals surface area contributed by atoms with Gasteiger partial charge >= 0.3 is 0 Å². The second-order valence-electron chi connectivity index (χ2n) is 4.51. The van der Waals surface area contributed by atoms with Crippen molar-refractivity contribution in [2.24, 2.45) is 0 Å². The second kappa shape index (κ2) is 5.32. The highest BCUT2D eigenvalue weighted by Crippen LogP contribution is 2.29. The lowest BCUT2D eigenvalue weighted by molar-refractivity contribution is 0.467. The van der Waals surface area contributed by atoms with E-state index in [4.69, 9.17) is 5.73 Å². The second-order valence-corrected chi connectivity index (χ2v) is 5.58. The molecule has 0 aliphatic heterocycles. The molecule has 1 aromatic heterocycles. The fourth-order valence-electron chi connectivity index (χ4n) is 1.96. The zero-order valence-corrected chi connectivity index (χ0v) is 13.3. The predicted molar refractivity (Wildman–Crippen MR) is 85.1 cm³/mol. The molecule has 5 heteroatoms. The highest BCUT2D eigenvalue weighted by Gasteiger charge is 2.12. The molecule has 0 aliphatic rings. The quantitative estimate of drug-likeness (QED) is 0.798. The van der Waals surface area contributed by atoms with Gasteiger partial charge in [0.2, 0.25) is 0 Å². The fourth-order valence-corrected chi connectivity index (χ4v) is 2.58. The molecule has 0 fully saturated rings. The fraction of sp³-hybridized carbons (Fsp3) is 0.286. The molecule has 0 atom stereocenters. The lowest BCUT2D eigenvalue weighted by Crippen LogP contribution is -2.04. The Morgan fingerprint density at radius 2 is 1.79 bits per heavy atom. The molecule has 0 saturated heterocycles. The van der Waals surface area contributed by atoms with Crippen LogP contribution < -0.4 is 5.73 Å². The number of hydrogen-bond acceptors (Lipinski definition) is 4. The van der Waals surface area contributed by atoms with Gasteiger partial charge in [0.25, 0.3) is 0 Å². The molecular weight excluding hydrogens is 353 g/mol. The molecular formula is C14H16IN3O. The number of phenols is 1. The third-order valence-electron chi connectivity index (χ3n) is 3.03. The molecule has 0 bridgehead atoms. The summed E-state index contributed by atoms with van der Waals surface area (Å²) < 4.78 is 0.913. The number of rotatable bonds is 2. The van der Waals surface area contributed by atoms with Crippen molar-refractivity contribution in [2.45, 2.75) is 27.2 Å². The minimum absolute atomic E-state index is 0.318. The Labute approximate surface area is 126 Å². The van der Waals surface area contributed by atoms with Crippen molar-refractivity contribution in [3.05, 3.63) is 32.5 Å². The van der Waals surface area contributed by atoms with Crippen molar-refractivity contribution >= 4 is 28.4 Å². The van der Waals surface area contributed by atoms with Crippen LogP contribution in [0.4, 0.5) is 5.82 Å². The number of benzene rings is 1. The van der Waals surface area contributed by atoms with E-state index in [0.29, 0.717) is 17.4 Å². The number of anilines is 1. The lowest BCUT2D eigenvalue weighted by atomic mass is 10.1. The van der Waals surface area contributed by atoms with Crippen LogP contribution in [0.25, 0.3) is 11.4 Å². The van der Waals surface area contributed by atoms with Crippen LogP contribution in [0.2, 0.25) is 0 Å². The Kier molecular flexibility index (Phi) is 3.93. The smallest absolute Gasteiger partial charge is 0.161 e. The van der Waals surface area contributed by atoms with Crippen LogP contribution in [0.5, 0.6) is 5.75 Å². The van der Waals surface area contributed by atoms with E-state index >= 15 is 0 Å². The highest BCUT2D eigenvalue weighted by molar-refractivity contribution is 14.1. The number of hydrogen-bond donors (Lipinski definition) is 2. The molecule has 1 heterocycles. The van der Waals surface area contributed by atoms with Crippen LogP contribution in [0, 0.1) is 17.4 Å². The van der Waals surface area contributed by atoms with Crippen molar-refractivity contribution in [3.8, 4) is 17.1 Å². The van der Waals surface area contributed by atoms with Crippen LogP contribution in [0.1, 0.15) is 23.7 Å². The van der Waals surface area contributed by atoms with Crippen LogP contribution in [0.15, 0.2) is 12.1 Å². The van der Waals surface area contributed by atoms with Gasteiger partial charge in [-0.25, -0.2) is 9.97 Å². The number of phenolic OH excluding ortho intramolecular Hbond substituents is 1. The number of aromatic hydroxyl groups is 1. The Bertz CT molecular complexity index is 618. The van der Waals surface area contributed by atoms with E-state index in [1.165, 1.54) is 0 Å². The van der Waals surface area contributed by atoms with Gasteiger partial charge < -0.3 is 10.8 Å². The molecule has 0 amide bonds. The van der Waals surface area contributed by atoms with Crippen LogP contribution >= 0.6 is 22.6 Å². The summed E-state index contributed by atoms with van der Waals surface area (Å²) in [5.74, 6) is 1.43. The average Bonchev–Trinajstić information content (AvgIpc) is 2.38. The zero-order chi connectivity index (χ0) is 14.2. The van der Waals surface area contributed by atoms with Crippen LogP contribution in [0.3, 0.4) is 0 Å². The summed E-state index contributed by atoms with van der Waals surface area (Å²) in [6.07, 6.45) is 0.814. The SMILES string of the molecule is CCc1nc(-c2cc(C)c(O)c(C)c2)nc(N)c1I. The minimum Gasteiger partial charge on any atom is -0.507 e. The summed E-state index contributed by atoms with van der Waals surface area (Å²) >= 11 is 2.17. The molecule has 19 heavy (non-hydrogen) atoms. The molecule has 1 aromatic carbocycles. The molecule has 100 valence electrons. The number of aryl methyl sites for hydroxylation is 3. The van der Waals surface area contributed by atoms with E-state index < -0.39 is 0 Å².